The van der Waals surface area contributed by atoms with Gasteiger partial charge in [-0.1, -0.05) is 0 Å². The van der Waals surface area contributed by atoms with Crippen LogP contribution >= 0.6 is 11.6 Å². The van der Waals surface area contributed by atoms with E-state index in [9.17, 15) is 4.39 Å². The Morgan fingerprint density at radius 1 is 1.40 bits per heavy atom. The fourth-order valence-electron chi connectivity index (χ4n) is 0.522. The molecule has 10 heavy (non-hydrogen) atoms. The van der Waals surface area contributed by atoms with Gasteiger partial charge >= 0.3 is 67.5 Å². The first-order chi connectivity index (χ1) is 4.20. The van der Waals surface area contributed by atoms with Crippen molar-refractivity contribution < 1.29 is 46.7 Å². The molecule has 0 aromatic heterocycles. The minimum absolute atomic E-state index is 0. The SMILES string of the molecule is Fc1cc(Cl)cc[c]1[Zn+].[I-]. The minimum Gasteiger partial charge on any atom is -1.00 e. The van der Waals surface area contributed by atoms with Gasteiger partial charge in [0.05, 0.1) is 0 Å². The molecule has 1 aromatic rings. The summed E-state index contributed by atoms with van der Waals surface area (Å²) in [5, 5.41) is 0.463. The van der Waals surface area contributed by atoms with E-state index in [2.05, 4.69) is 0 Å². The summed E-state index contributed by atoms with van der Waals surface area (Å²) in [7, 11) is 0. The number of hydrogen-bond acceptors (Lipinski definition) is 0. The third-order valence-corrected chi connectivity index (χ3v) is 2.45. The Balaban J connectivity index is 0.000000810. The quantitative estimate of drug-likeness (QED) is 0.410. The molecule has 50 valence electrons. The molecule has 0 saturated carbocycles. The van der Waals surface area contributed by atoms with Crippen molar-refractivity contribution in [2.75, 3.05) is 0 Å². The van der Waals surface area contributed by atoms with Gasteiger partial charge in [-0.15, -0.1) is 0 Å². The number of benzene rings is 1. The summed E-state index contributed by atoms with van der Waals surface area (Å²) >= 11 is 6.33. The summed E-state index contributed by atoms with van der Waals surface area (Å²) in [4.78, 5) is 0. The Hall–Kier alpha value is 0.793. The summed E-state index contributed by atoms with van der Waals surface area (Å²) in [6.45, 7) is 0. The van der Waals surface area contributed by atoms with Crippen LogP contribution in [0.25, 0.3) is 0 Å². The van der Waals surface area contributed by atoms with Gasteiger partial charge in [0, 0.05) is 0 Å². The molecule has 0 aliphatic carbocycles. The molecule has 0 saturated heterocycles. The summed E-state index contributed by atoms with van der Waals surface area (Å²) < 4.78 is 13.3. The van der Waals surface area contributed by atoms with Crippen molar-refractivity contribution in [3.05, 3.63) is 29.0 Å². The van der Waals surface area contributed by atoms with E-state index in [1.807, 2.05) is 0 Å². The summed E-state index contributed by atoms with van der Waals surface area (Å²) in [6.07, 6.45) is 0. The topological polar surface area (TPSA) is 0 Å². The second-order valence-corrected chi connectivity index (χ2v) is 3.77. The van der Waals surface area contributed by atoms with Crippen molar-refractivity contribution in [1.82, 2.24) is 0 Å². The normalized spacial score (nSPS) is 8.80. The Labute approximate surface area is 90.8 Å². The predicted molar refractivity (Wildman–Crippen MR) is 31.0 cm³/mol. The molecule has 0 aliphatic heterocycles. The van der Waals surface area contributed by atoms with Crippen molar-refractivity contribution >= 4 is 15.8 Å². The second-order valence-electron chi connectivity index (χ2n) is 1.74. The molecule has 4 heteroatoms. The number of hydrogen-bond donors (Lipinski definition) is 0. The first kappa shape index (κ1) is 10.8. The van der Waals surface area contributed by atoms with Crippen LogP contribution in [0.3, 0.4) is 0 Å². The van der Waals surface area contributed by atoms with E-state index in [0.717, 1.165) is 22.5 Å². The molecular formula is C6H3ClFIZn. The van der Waals surface area contributed by atoms with E-state index in [4.69, 9.17) is 11.6 Å². The molecule has 0 fully saturated rings. The zero-order valence-electron chi connectivity index (χ0n) is 5.07. The largest absolute Gasteiger partial charge is 1.00 e. The van der Waals surface area contributed by atoms with Crippen molar-refractivity contribution in [3.8, 4) is 0 Å². The van der Waals surface area contributed by atoms with Gasteiger partial charge in [-0.25, -0.2) is 0 Å². The second kappa shape index (κ2) is 4.63. The van der Waals surface area contributed by atoms with Crippen LogP contribution < -0.4 is 28.1 Å². The van der Waals surface area contributed by atoms with Gasteiger partial charge in [0.2, 0.25) is 0 Å². The molecule has 0 heterocycles. The smallest absolute Gasteiger partial charge is 1.00 e. The molecule has 0 aliphatic rings. The maximum atomic E-state index is 12.5. The van der Waals surface area contributed by atoms with Crippen LogP contribution in [0, 0.1) is 5.82 Å². The first-order valence-electron chi connectivity index (χ1n) is 2.47. The monoisotopic (exact) mass is 320 g/mol. The summed E-state index contributed by atoms with van der Waals surface area (Å²) in [5.74, 6) is -0.192. The zero-order chi connectivity index (χ0) is 6.85. The van der Waals surface area contributed by atoms with Gasteiger partial charge in [0.15, 0.2) is 0 Å². The van der Waals surface area contributed by atoms with Crippen molar-refractivity contribution in [3.63, 3.8) is 0 Å². The van der Waals surface area contributed by atoms with Crippen molar-refractivity contribution in [2.24, 2.45) is 0 Å². The fraction of sp³-hybridized carbons (Fsp3) is 0. The Morgan fingerprint density at radius 2 is 2.00 bits per heavy atom. The van der Waals surface area contributed by atoms with Crippen LogP contribution in [0.5, 0.6) is 0 Å². The molecule has 0 amide bonds. The van der Waals surface area contributed by atoms with E-state index >= 15 is 0 Å². The van der Waals surface area contributed by atoms with Crippen LogP contribution in [0.2, 0.25) is 5.02 Å². The molecular weight excluding hydrogens is 319 g/mol. The van der Waals surface area contributed by atoms with Gasteiger partial charge in [-0.2, -0.15) is 0 Å². The fourth-order valence-corrected chi connectivity index (χ4v) is 1.14. The predicted octanol–water partition coefficient (Wildman–Crippen LogP) is -1.34. The van der Waals surface area contributed by atoms with Crippen LogP contribution in [-0.4, -0.2) is 0 Å². The molecule has 0 spiro atoms. The van der Waals surface area contributed by atoms with Gasteiger partial charge in [0.25, 0.3) is 0 Å². The Bertz CT molecular complexity index is 229. The van der Waals surface area contributed by atoms with Gasteiger partial charge < -0.3 is 24.0 Å². The maximum Gasteiger partial charge on any atom is -1.00 e. The third kappa shape index (κ3) is 2.81. The Morgan fingerprint density at radius 3 is 2.40 bits per heavy atom. The molecule has 0 radical (unpaired) electrons. The number of rotatable bonds is 0. The first-order valence-corrected chi connectivity index (χ1v) is 4.33. The molecule has 0 bridgehead atoms. The zero-order valence-corrected chi connectivity index (χ0v) is 11.0. The average molecular weight is 322 g/mol. The molecule has 0 N–H and O–H groups in total. The third-order valence-electron chi connectivity index (χ3n) is 1.02. The summed E-state index contributed by atoms with van der Waals surface area (Å²) in [6, 6.07) is 4.74. The van der Waals surface area contributed by atoms with E-state index in [1.54, 1.807) is 12.1 Å². The van der Waals surface area contributed by atoms with E-state index in [-0.39, 0.29) is 29.8 Å². The standard InChI is InChI=1S/C6H3ClF.HI.Zn/c7-5-2-1-3-6(8)4-5;;/h1-2,4H;1H;/q;;+1/p-1. The maximum absolute atomic E-state index is 12.5. The molecule has 1 rings (SSSR count). The number of halogens is 3. The van der Waals surface area contributed by atoms with Crippen LogP contribution in [0.4, 0.5) is 4.39 Å². The van der Waals surface area contributed by atoms with Crippen molar-refractivity contribution in [1.29, 1.82) is 0 Å². The van der Waals surface area contributed by atoms with Gasteiger partial charge in [0.1, 0.15) is 0 Å². The van der Waals surface area contributed by atoms with E-state index < -0.39 is 0 Å². The molecule has 0 atom stereocenters. The van der Waals surface area contributed by atoms with E-state index in [0.29, 0.717) is 5.02 Å². The molecule has 1 aromatic carbocycles. The van der Waals surface area contributed by atoms with E-state index in [1.165, 1.54) is 6.07 Å². The van der Waals surface area contributed by atoms with Gasteiger partial charge in [-0.3, -0.25) is 0 Å². The van der Waals surface area contributed by atoms with Crippen LogP contribution in [0.1, 0.15) is 0 Å². The average Bonchev–Trinajstić information content (AvgIpc) is 1.80. The minimum atomic E-state index is -0.192. The Kier molecular flexibility index (Phi) is 4.99. The van der Waals surface area contributed by atoms with Crippen LogP contribution in [0.15, 0.2) is 18.2 Å². The van der Waals surface area contributed by atoms with Gasteiger partial charge in [-0.05, 0) is 0 Å². The van der Waals surface area contributed by atoms with Crippen LogP contribution in [-0.2, 0) is 18.3 Å². The molecule has 0 unspecified atom stereocenters. The van der Waals surface area contributed by atoms with Crippen molar-refractivity contribution in [2.45, 2.75) is 0 Å². The molecule has 0 nitrogen and oxygen atoms in total. The summed E-state index contributed by atoms with van der Waals surface area (Å²) in [5.41, 5.74) is 0.